The fourth-order valence-corrected chi connectivity index (χ4v) is 1.55. The van der Waals surface area contributed by atoms with E-state index < -0.39 is 6.10 Å². The average molecular weight is 225 g/mol. The molecule has 15 heavy (non-hydrogen) atoms. The highest BCUT2D eigenvalue weighted by molar-refractivity contribution is 7.80. The SMILES string of the molecule is CC(O)CN(C)c1cccnc1C(N)=S. The maximum Gasteiger partial charge on any atom is 0.124 e. The summed E-state index contributed by atoms with van der Waals surface area (Å²) in [7, 11) is 1.87. The van der Waals surface area contributed by atoms with Gasteiger partial charge in [-0.3, -0.25) is 4.98 Å². The predicted octanol–water partition coefficient (Wildman–Crippen LogP) is 0.533. The highest BCUT2D eigenvalue weighted by Gasteiger charge is 2.11. The number of likely N-dealkylation sites (N-methyl/N-ethyl adjacent to an activating group) is 1. The Kier molecular flexibility index (Phi) is 3.99. The Morgan fingerprint density at radius 3 is 2.93 bits per heavy atom. The molecule has 0 radical (unpaired) electrons. The van der Waals surface area contributed by atoms with Gasteiger partial charge in [-0.15, -0.1) is 0 Å². The number of aliphatic hydroxyl groups is 1. The van der Waals surface area contributed by atoms with Gasteiger partial charge in [-0.2, -0.15) is 0 Å². The molecule has 1 rings (SSSR count). The smallest absolute Gasteiger partial charge is 0.124 e. The number of pyridine rings is 1. The fraction of sp³-hybridized carbons (Fsp3) is 0.400. The van der Waals surface area contributed by atoms with Crippen molar-refractivity contribution in [3.63, 3.8) is 0 Å². The number of hydrogen-bond donors (Lipinski definition) is 2. The summed E-state index contributed by atoms with van der Waals surface area (Å²) in [5.41, 5.74) is 6.99. The van der Waals surface area contributed by atoms with E-state index in [-0.39, 0.29) is 4.99 Å². The van der Waals surface area contributed by atoms with Crippen molar-refractivity contribution in [1.29, 1.82) is 0 Å². The Bertz CT molecular complexity index is 354. The van der Waals surface area contributed by atoms with Gasteiger partial charge in [0.25, 0.3) is 0 Å². The lowest BCUT2D eigenvalue weighted by molar-refractivity contribution is 0.201. The molecule has 0 bridgehead atoms. The van der Waals surface area contributed by atoms with Gasteiger partial charge >= 0.3 is 0 Å². The zero-order valence-corrected chi connectivity index (χ0v) is 9.66. The summed E-state index contributed by atoms with van der Waals surface area (Å²) < 4.78 is 0. The van der Waals surface area contributed by atoms with E-state index in [9.17, 15) is 5.11 Å². The number of anilines is 1. The number of aromatic nitrogens is 1. The van der Waals surface area contributed by atoms with Gasteiger partial charge in [-0.1, -0.05) is 12.2 Å². The molecule has 1 heterocycles. The first-order valence-electron chi connectivity index (χ1n) is 4.66. The maximum atomic E-state index is 9.29. The second kappa shape index (κ2) is 5.04. The predicted molar refractivity (Wildman–Crippen MR) is 65.1 cm³/mol. The van der Waals surface area contributed by atoms with Crippen molar-refractivity contribution < 1.29 is 5.11 Å². The Morgan fingerprint density at radius 1 is 1.73 bits per heavy atom. The maximum absolute atomic E-state index is 9.29. The summed E-state index contributed by atoms with van der Waals surface area (Å²) >= 11 is 4.91. The third-order valence-corrected chi connectivity index (χ3v) is 2.16. The zero-order chi connectivity index (χ0) is 11.4. The lowest BCUT2D eigenvalue weighted by Gasteiger charge is -2.22. The largest absolute Gasteiger partial charge is 0.392 e. The van der Waals surface area contributed by atoms with E-state index in [1.165, 1.54) is 0 Å². The number of thiocarbonyl (C=S) groups is 1. The van der Waals surface area contributed by atoms with Gasteiger partial charge in [0.05, 0.1) is 11.8 Å². The van der Waals surface area contributed by atoms with Gasteiger partial charge in [0.15, 0.2) is 0 Å². The van der Waals surface area contributed by atoms with Gasteiger partial charge < -0.3 is 15.7 Å². The normalized spacial score (nSPS) is 12.2. The number of nitrogens with two attached hydrogens (primary N) is 1. The molecule has 0 aromatic carbocycles. The first kappa shape index (κ1) is 11.9. The van der Waals surface area contributed by atoms with Crippen molar-refractivity contribution in [3.8, 4) is 0 Å². The van der Waals surface area contributed by atoms with Crippen LogP contribution in [0.25, 0.3) is 0 Å². The molecule has 3 N–H and O–H groups in total. The molecule has 82 valence electrons. The minimum Gasteiger partial charge on any atom is -0.392 e. The molecular formula is C10H15N3OS. The Labute approximate surface area is 94.7 Å². The monoisotopic (exact) mass is 225 g/mol. The topological polar surface area (TPSA) is 62.4 Å². The van der Waals surface area contributed by atoms with Crippen molar-refractivity contribution in [2.24, 2.45) is 5.73 Å². The number of rotatable bonds is 4. The Morgan fingerprint density at radius 2 is 2.40 bits per heavy atom. The van der Waals surface area contributed by atoms with E-state index in [4.69, 9.17) is 18.0 Å². The molecule has 0 aliphatic heterocycles. The van der Waals surface area contributed by atoms with E-state index in [1.807, 2.05) is 24.1 Å². The quantitative estimate of drug-likeness (QED) is 0.732. The average Bonchev–Trinajstić information content (AvgIpc) is 2.16. The van der Waals surface area contributed by atoms with Crippen LogP contribution in [0.2, 0.25) is 0 Å². The lowest BCUT2D eigenvalue weighted by Crippen LogP contribution is -2.29. The number of hydrogen-bond acceptors (Lipinski definition) is 4. The van der Waals surface area contributed by atoms with Crippen molar-refractivity contribution in [3.05, 3.63) is 24.0 Å². The summed E-state index contributed by atoms with van der Waals surface area (Å²) in [5, 5.41) is 9.29. The number of aliphatic hydroxyl groups excluding tert-OH is 1. The molecule has 0 saturated heterocycles. The molecule has 5 heteroatoms. The molecular weight excluding hydrogens is 210 g/mol. The minimum absolute atomic E-state index is 0.267. The van der Waals surface area contributed by atoms with Crippen LogP contribution in [0.5, 0.6) is 0 Å². The molecule has 0 saturated carbocycles. The van der Waals surface area contributed by atoms with Crippen LogP contribution in [0.15, 0.2) is 18.3 Å². The standard InChI is InChI=1S/C10H15N3OS/c1-7(14)6-13(2)8-4-3-5-12-9(8)10(11)15/h3-5,7,14H,6H2,1-2H3,(H2,11,15). The highest BCUT2D eigenvalue weighted by Crippen LogP contribution is 2.16. The number of nitrogens with zero attached hydrogens (tertiary/aromatic N) is 2. The molecule has 1 aromatic rings. The molecule has 4 nitrogen and oxygen atoms in total. The van der Waals surface area contributed by atoms with Crippen LogP contribution in [0.3, 0.4) is 0 Å². The van der Waals surface area contributed by atoms with E-state index in [0.29, 0.717) is 12.2 Å². The Balaban J connectivity index is 2.97. The molecule has 1 aromatic heterocycles. The summed E-state index contributed by atoms with van der Waals surface area (Å²) in [6.07, 6.45) is 1.24. The third kappa shape index (κ3) is 3.14. The summed E-state index contributed by atoms with van der Waals surface area (Å²) in [6, 6.07) is 3.69. The lowest BCUT2D eigenvalue weighted by atomic mass is 10.2. The molecule has 0 amide bonds. The van der Waals surface area contributed by atoms with Gasteiger partial charge in [-0.05, 0) is 19.1 Å². The molecule has 0 aliphatic rings. The third-order valence-electron chi connectivity index (χ3n) is 1.97. The van der Waals surface area contributed by atoms with Gasteiger partial charge in [0, 0.05) is 19.8 Å². The van der Waals surface area contributed by atoms with Crippen molar-refractivity contribution in [2.75, 3.05) is 18.5 Å². The summed E-state index contributed by atoms with van der Waals surface area (Å²) in [6.45, 7) is 2.24. The second-order valence-electron chi connectivity index (χ2n) is 3.46. The van der Waals surface area contributed by atoms with Gasteiger partial charge in [0.2, 0.25) is 0 Å². The van der Waals surface area contributed by atoms with Crippen molar-refractivity contribution in [1.82, 2.24) is 4.98 Å². The summed E-state index contributed by atoms with van der Waals surface area (Å²) in [4.78, 5) is 6.26. The van der Waals surface area contributed by atoms with Crippen LogP contribution in [0, 0.1) is 0 Å². The first-order valence-corrected chi connectivity index (χ1v) is 5.07. The van der Waals surface area contributed by atoms with Crippen LogP contribution in [0.1, 0.15) is 12.6 Å². The van der Waals surface area contributed by atoms with Crippen LogP contribution in [-0.4, -0.2) is 34.8 Å². The van der Waals surface area contributed by atoms with E-state index in [1.54, 1.807) is 13.1 Å². The fourth-order valence-electron chi connectivity index (χ4n) is 1.39. The highest BCUT2D eigenvalue weighted by atomic mass is 32.1. The van der Waals surface area contributed by atoms with Crippen LogP contribution < -0.4 is 10.6 Å². The first-order chi connectivity index (χ1) is 7.02. The van der Waals surface area contributed by atoms with E-state index in [0.717, 1.165) is 5.69 Å². The van der Waals surface area contributed by atoms with Crippen LogP contribution in [-0.2, 0) is 0 Å². The molecule has 0 fully saturated rings. The molecule has 1 atom stereocenters. The summed E-state index contributed by atoms with van der Waals surface area (Å²) in [5.74, 6) is 0. The van der Waals surface area contributed by atoms with Crippen LogP contribution in [0.4, 0.5) is 5.69 Å². The molecule has 0 aliphatic carbocycles. The Hall–Kier alpha value is -1.20. The molecule has 0 spiro atoms. The molecule has 1 unspecified atom stereocenters. The van der Waals surface area contributed by atoms with Gasteiger partial charge in [-0.25, -0.2) is 0 Å². The van der Waals surface area contributed by atoms with Crippen molar-refractivity contribution >= 4 is 22.9 Å². The zero-order valence-electron chi connectivity index (χ0n) is 8.84. The van der Waals surface area contributed by atoms with Crippen molar-refractivity contribution in [2.45, 2.75) is 13.0 Å². The van der Waals surface area contributed by atoms with Gasteiger partial charge in [0.1, 0.15) is 10.7 Å². The second-order valence-corrected chi connectivity index (χ2v) is 3.90. The van der Waals surface area contributed by atoms with Crippen LogP contribution >= 0.6 is 12.2 Å². The minimum atomic E-state index is -0.408. The van der Waals surface area contributed by atoms with E-state index in [2.05, 4.69) is 4.98 Å². The van der Waals surface area contributed by atoms with E-state index >= 15 is 0 Å².